The van der Waals surface area contributed by atoms with Crippen molar-refractivity contribution < 1.29 is 4.79 Å². The van der Waals surface area contributed by atoms with E-state index in [0.29, 0.717) is 0 Å². The fraction of sp³-hybridized carbons (Fsp3) is 0.300. The SMILES string of the molecule is O=C1C(Br)CCN1c1ccccc1Br. The maximum atomic E-state index is 11.7. The highest BCUT2D eigenvalue weighted by molar-refractivity contribution is 9.10. The molecular weight excluding hydrogens is 310 g/mol. The number of carbonyl (C=O) groups is 1. The van der Waals surface area contributed by atoms with Gasteiger partial charge in [-0.25, -0.2) is 0 Å². The first-order valence-electron chi connectivity index (χ1n) is 4.40. The molecule has 0 spiro atoms. The molecule has 0 aliphatic carbocycles. The van der Waals surface area contributed by atoms with E-state index in [2.05, 4.69) is 31.9 Å². The van der Waals surface area contributed by atoms with E-state index in [-0.39, 0.29) is 10.7 Å². The normalized spacial score (nSPS) is 21.7. The summed E-state index contributed by atoms with van der Waals surface area (Å²) in [6.07, 6.45) is 0.875. The summed E-state index contributed by atoms with van der Waals surface area (Å²) >= 11 is 6.80. The van der Waals surface area contributed by atoms with Crippen LogP contribution in [-0.4, -0.2) is 17.3 Å². The van der Waals surface area contributed by atoms with Gasteiger partial charge < -0.3 is 4.90 Å². The summed E-state index contributed by atoms with van der Waals surface area (Å²) in [4.78, 5) is 13.5. The van der Waals surface area contributed by atoms with Gasteiger partial charge in [0.15, 0.2) is 0 Å². The topological polar surface area (TPSA) is 20.3 Å². The van der Waals surface area contributed by atoms with Crippen LogP contribution >= 0.6 is 31.9 Å². The molecule has 1 heterocycles. The second kappa shape index (κ2) is 4.03. The van der Waals surface area contributed by atoms with Crippen molar-refractivity contribution in [2.45, 2.75) is 11.2 Å². The monoisotopic (exact) mass is 317 g/mol. The number of amides is 1. The standard InChI is InChI=1S/C10H9Br2NO/c11-7-3-1-2-4-9(7)13-6-5-8(12)10(13)14/h1-4,8H,5-6H2. The van der Waals surface area contributed by atoms with Crippen molar-refractivity contribution in [1.29, 1.82) is 0 Å². The largest absolute Gasteiger partial charge is 0.310 e. The van der Waals surface area contributed by atoms with Crippen LogP contribution in [0.25, 0.3) is 0 Å². The van der Waals surface area contributed by atoms with Crippen molar-refractivity contribution in [3.63, 3.8) is 0 Å². The summed E-state index contributed by atoms with van der Waals surface area (Å²) in [5.41, 5.74) is 0.958. The molecule has 0 radical (unpaired) electrons. The molecule has 1 atom stereocenters. The van der Waals surface area contributed by atoms with Gasteiger partial charge in [0.1, 0.15) is 0 Å². The van der Waals surface area contributed by atoms with Crippen LogP contribution in [-0.2, 0) is 4.79 Å². The second-order valence-corrected chi connectivity index (χ2v) is 5.16. The smallest absolute Gasteiger partial charge is 0.240 e. The number of hydrogen-bond donors (Lipinski definition) is 0. The molecule has 0 saturated carbocycles. The Morgan fingerprint density at radius 2 is 2.07 bits per heavy atom. The highest BCUT2D eigenvalue weighted by atomic mass is 79.9. The molecule has 1 amide bonds. The molecule has 0 bridgehead atoms. The van der Waals surface area contributed by atoms with Gasteiger partial charge in [-0.3, -0.25) is 4.79 Å². The van der Waals surface area contributed by atoms with Crippen LogP contribution in [0.3, 0.4) is 0 Å². The Kier molecular flexibility index (Phi) is 2.93. The molecule has 0 N–H and O–H groups in total. The van der Waals surface area contributed by atoms with Crippen LogP contribution < -0.4 is 4.90 Å². The van der Waals surface area contributed by atoms with E-state index >= 15 is 0 Å². The fourth-order valence-electron chi connectivity index (χ4n) is 1.56. The molecule has 4 heteroatoms. The molecule has 1 saturated heterocycles. The van der Waals surface area contributed by atoms with Crippen molar-refractivity contribution in [3.05, 3.63) is 28.7 Å². The van der Waals surface area contributed by atoms with E-state index in [9.17, 15) is 4.79 Å². The summed E-state index contributed by atoms with van der Waals surface area (Å²) in [6, 6.07) is 7.78. The van der Waals surface area contributed by atoms with Gasteiger partial charge in [0.05, 0.1) is 10.5 Å². The van der Waals surface area contributed by atoms with E-state index < -0.39 is 0 Å². The van der Waals surface area contributed by atoms with Crippen LogP contribution in [0, 0.1) is 0 Å². The summed E-state index contributed by atoms with van der Waals surface area (Å²) in [5.74, 6) is 0.150. The third-order valence-electron chi connectivity index (χ3n) is 2.28. The van der Waals surface area contributed by atoms with Crippen LogP contribution in [0.1, 0.15) is 6.42 Å². The summed E-state index contributed by atoms with van der Waals surface area (Å²) < 4.78 is 0.968. The zero-order valence-electron chi connectivity index (χ0n) is 7.41. The van der Waals surface area contributed by atoms with Gasteiger partial charge in [0, 0.05) is 11.0 Å². The van der Waals surface area contributed by atoms with E-state index in [1.54, 1.807) is 0 Å². The molecule has 74 valence electrons. The first-order valence-corrected chi connectivity index (χ1v) is 6.11. The number of carbonyl (C=O) groups excluding carboxylic acids is 1. The minimum Gasteiger partial charge on any atom is -0.310 e. The first kappa shape index (κ1) is 10.2. The molecule has 0 aromatic heterocycles. The first-order chi connectivity index (χ1) is 6.70. The molecule has 1 fully saturated rings. The number of anilines is 1. The summed E-state index contributed by atoms with van der Waals surface area (Å²) in [6.45, 7) is 0.789. The predicted molar refractivity (Wildman–Crippen MR) is 63.8 cm³/mol. The lowest BCUT2D eigenvalue weighted by molar-refractivity contribution is -0.116. The van der Waals surface area contributed by atoms with Crippen LogP contribution in [0.15, 0.2) is 28.7 Å². The maximum Gasteiger partial charge on any atom is 0.240 e. The fourth-order valence-corrected chi connectivity index (χ4v) is 2.51. The molecular formula is C10H9Br2NO. The molecule has 1 aromatic rings. The average Bonchev–Trinajstić information content (AvgIpc) is 2.49. The zero-order valence-corrected chi connectivity index (χ0v) is 10.6. The number of halogens is 2. The van der Waals surface area contributed by atoms with Gasteiger partial charge in [-0.2, -0.15) is 0 Å². The molecule has 1 unspecified atom stereocenters. The molecule has 2 rings (SSSR count). The maximum absolute atomic E-state index is 11.7. The highest BCUT2D eigenvalue weighted by Crippen LogP contribution is 2.31. The molecule has 1 aliphatic rings. The van der Waals surface area contributed by atoms with Gasteiger partial charge in [0.25, 0.3) is 0 Å². The number of nitrogens with zero attached hydrogens (tertiary/aromatic N) is 1. The highest BCUT2D eigenvalue weighted by Gasteiger charge is 2.31. The van der Waals surface area contributed by atoms with Crippen LogP contribution in [0.2, 0.25) is 0 Å². The van der Waals surface area contributed by atoms with Crippen molar-refractivity contribution in [2.24, 2.45) is 0 Å². The van der Waals surface area contributed by atoms with Crippen molar-refractivity contribution in [1.82, 2.24) is 0 Å². The third-order valence-corrected chi connectivity index (χ3v) is 3.80. The number of rotatable bonds is 1. The number of alkyl halides is 1. The van der Waals surface area contributed by atoms with Crippen LogP contribution in [0.5, 0.6) is 0 Å². The Morgan fingerprint density at radius 1 is 1.36 bits per heavy atom. The minimum atomic E-state index is -0.0189. The summed E-state index contributed by atoms with van der Waals surface area (Å²) in [5, 5.41) is 0. The lowest BCUT2D eigenvalue weighted by Crippen LogP contribution is -2.27. The lowest BCUT2D eigenvalue weighted by atomic mass is 10.3. The van der Waals surface area contributed by atoms with Crippen molar-refractivity contribution in [3.8, 4) is 0 Å². The third kappa shape index (κ3) is 1.73. The van der Waals surface area contributed by atoms with E-state index in [4.69, 9.17) is 0 Å². The van der Waals surface area contributed by atoms with Gasteiger partial charge in [-0.05, 0) is 34.5 Å². The van der Waals surface area contributed by atoms with Gasteiger partial charge in [0.2, 0.25) is 5.91 Å². The van der Waals surface area contributed by atoms with Crippen LogP contribution in [0.4, 0.5) is 5.69 Å². The molecule has 2 nitrogen and oxygen atoms in total. The van der Waals surface area contributed by atoms with Gasteiger partial charge >= 0.3 is 0 Å². The number of hydrogen-bond acceptors (Lipinski definition) is 1. The van der Waals surface area contributed by atoms with Crippen molar-refractivity contribution in [2.75, 3.05) is 11.4 Å². The van der Waals surface area contributed by atoms with E-state index in [1.807, 2.05) is 29.2 Å². The Morgan fingerprint density at radius 3 is 2.64 bits per heavy atom. The summed E-state index contributed by atoms with van der Waals surface area (Å²) in [7, 11) is 0. The number of benzene rings is 1. The predicted octanol–water partition coefficient (Wildman–Crippen LogP) is 2.95. The van der Waals surface area contributed by atoms with E-state index in [0.717, 1.165) is 23.1 Å². The van der Waals surface area contributed by atoms with Gasteiger partial charge in [-0.1, -0.05) is 28.1 Å². The molecule has 1 aromatic carbocycles. The Hall–Kier alpha value is -0.350. The Labute approximate surface area is 99.5 Å². The molecule has 14 heavy (non-hydrogen) atoms. The van der Waals surface area contributed by atoms with Crippen molar-refractivity contribution >= 4 is 43.5 Å². The van der Waals surface area contributed by atoms with Gasteiger partial charge in [-0.15, -0.1) is 0 Å². The molecule has 1 aliphatic heterocycles. The average molecular weight is 319 g/mol. The zero-order chi connectivity index (χ0) is 10.1. The Bertz CT molecular complexity index is 367. The number of para-hydroxylation sites is 1. The second-order valence-electron chi connectivity index (χ2n) is 3.20. The van der Waals surface area contributed by atoms with E-state index in [1.165, 1.54) is 0 Å². The Balaban J connectivity index is 2.33. The lowest BCUT2D eigenvalue weighted by Gasteiger charge is -2.17. The quantitative estimate of drug-likeness (QED) is 0.729. The minimum absolute atomic E-state index is 0.0189.